The summed E-state index contributed by atoms with van der Waals surface area (Å²) < 4.78 is 42.8. The standard InChI is InChI=1S/C33H49ClFN3O5Si/c1-32(2,3)43-31(39)37-16-21-26(22(37)18-42-44(7,8)33(4,5)6)27(21)25-20-15-36-30(34)28(35)29(20)38(19-12-13-19)23(25)17-41-24-11-9-10-14-40-24/h15,19,21-22,24,26-27H,9-14,16-18H2,1-8H3/t21-,22+,24?,26-,27-/m0/s1. The van der Waals surface area contributed by atoms with E-state index in [0.29, 0.717) is 31.9 Å². The fourth-order valence-corrected chi connectivity index (χ4v) is 8.11. The Morgan fingerprint density at radius 1 is 1.16 bits per heavy atom. The number of carbonyl (C=O) groups excluding carboxylic acids is 1. The topological polar surface area (TPSA) is 75.0 Å². The molecule has 1 unspecified atom stereocenters. The molecule has 2 aliphatic carbocycles. The molecular weight excluding hydrogens is 601 g/mol. The fourth-order valence-electron chi connectivity index (χ4n) is 6.96. The minimum Gasteiger partial charge on any atom is -0.444 e. The molecule has 11 heteroatoms. The maximum atomic E-state index is 15.8. The number of amides is 1. The molecule has 0 N–H and O–H groups in total. The normalized spacial score (nSPS) is 27.6. The molecule has 0 bridgehead atoms. The lowest BCUT2D eigenvalue weighted by Crippen LogP contribution is -2.48. The lowest BCUT2D eigenvalue weighted by atomic mass is 10.0. The zero-order chi connectivity index (χ0) is 31.8. The van der Waals surface area contributed by atoms with Gasteiger partial charge in [0.05, 0.1) is 24.8 Å². The second-order valence-corrected chi connectivity index (χ2v) is 20.9. The molecule has 4 aliphatic rings. The minimum absolute atomic E-state index is 0.0382. The van der Waals surface area contributed by atoms with E-state index in [2.05, 4.69) is 43.4 Å². The van der Waals surface area contributed by atoms with Crippen molar-refractivity contribution in [1.82, 2.24) is 14.5 Å². The minimum atomic E-state index is -2.09. The van der Waals surface area contributed by atoms with Crippen molar-refractivity contribution in [3.8, 4) is 0 Å². The summed E-state index contributed by atoms with van der Waals surface area (Å²) in [6.07, 6.45) is 6.11. The molecule has 0 radical (unpaired) electrons. The Labute approximate surface area is 267 Å². The van der Waals surface area contributed by atoms with E-state index in [1.54, 1.807) is 6.20 Å². The van der Waals surface area contributed by atoms with Crippen LogP contribution in [0.3, 0.4) is 0 Å². The highest BCUT2D eigenvalue weighted by Crippen LogP contribution is 2.64. The van der Waals surface area contributed by atoms with Gasteiger partial charge in [0, 0.05) is 36.5 Å². The molecular formula is C33H49ClFN3O5Si. The maximum Gasteiger partial charge on any atom is 0.410 e. The van der Waals surface area contributed by atoms with E-state index in [-0.39, 0.29) is 52.4 Å². The predicted octanol–water partition coefficient (Wildman–Crippen LogP) is 8.18. The van der Waals surface area contributed by atoms with Crippen molar-refractivity contribution >= 4 is 36.9 Å². The van der Waals surface area contributed by atoms with Gasteiger partial charge < -0.3 is 28.1 Å². The van der Waals surface area contributed by atoms with Gasteiger partial charge in [0.25, 0.3) is 0 Å². The second-order valence-electron chi connectivity index (χ2n) is 15.7. The molecule has 2 aliphatic heterocycles. The highest BCUT2D eigenvalue weighted by atomic mass is 35.5. The van der Waals surface area contributed by atoms with Crippen molar-refractivity contribution in [2.24, 2.45) is 11.8 Å². The Kier molecular flexibility index (Phi) is 8.43. The zero-order valence-corrected chi connectivity index (χ0v) is 29.3. The van der Waals surface area contributed by atoms with Crippen LogP contribution in [0.5, 0.6) is 0 Å². The lowest BCUT2D eigenvalue weighted by molar-refractivity contribution is -0.169. The molecule has 5 atom stereocenters. The van der Waals surface area contributed by atoms with Crippen LogP contribution in [0.2, 0.25) is 23.3 Å². The average Bonchev–Trinajstić information content (AvgIpc) is 3.83. The molecule has 2 aromatic rings. The molecule has 44 heavy (non-hydrogen) atoms. The van der Waals surface area contributed by atoms with E-state index < -0.39 is 19.7 Å². The molecule has 4 fully saturated rings. The van der Waals surface area contributed by atoms with Crippen molar-refractivity contribution in [1.29, 1.82) is 0 Å². The molecule has 6 rings (SSSR count). The summed E-state index contributed by atoms with van der Waals surface area (Å²) in [5, 5.41) is 0.727. The third kappa shape index (κ3) is 6.06. The monoisotopic (exact) mass is 649 g/mol. The Balaban J connectivity index is 1.37. The van der Waals surface area contributed by atoms with Gasteiger partial charge in [-0.05, 0) is 94.3 Å². The van der Waals surface area contributed by atoms with E-state index in [9.17, 15) is 4.79 Å². The Morgan fingerprint density at radius 2 is 1.89 bits per heavy atom. The first-order valence-corrected chi connectivity index (χ1v) is 19.6. The Bertz CT molecular complexity index is 1410. The van der Waals surface area contributed by atoms with Crippen LogP contribution in [-0.4, -0.2) is 66.6 Å². The second kappa shape index (κ2) is 11.5. The van der Waals surface area contributed by atoms with Gasteiger partial charge in [0.1, 0.15) is 5.60 Å². The van der Waals surface area contributed by atoms with E-state index in [1.807, 2.05) is 25.7 Å². The number of rotatable bonds is 8. The molecule has 0 spiro atoms. The molecule has 244 valence electrons. The van der Waals surface area contributed by atoms with Gasteiger partial charge in [-0.2, -0.15) is 0 Å². The number of aromatic nitrogens is 2. The highest BCUT2D eigenvalue weighted by Gasteiger charge is 2.64. The van der Waals surface area contributed by atoms with E-state index >= 15 is 4.39 Å². The van der Waals surface area contributed by atoms with Crippen molar-refractivity contribution in [2.45, 2.75) is 128 Å². The molecule has 2 aromatic heterocycles. The van der Waals surface area contributed by atoms with E-state index in [4.69, 9.17) is 30.2 Å². The predicted molar refractivity (Wildman–Crippen MR) is 171 cm³/mol. The van der Waals surface area contributed by atoms with Crippen LogP contribution in [0.1, 0.15) is 96.9 Å². The van der Waals surface area contributed by atoms with E-state index in [1.165, 1.54) is 0 Å². The third-order valence-corrected chi connectivity index (χ3v) is 15.2. The number of carbonyl (C=O) groups is 1. The van der Waals surface area contributed by atoms with Crippen LogP contribution in [0.25, 0.3) is 10.9 Å². The molecule has 2 saturated carbocycles. The van der Waals surface area contributed by atoms with Gasteiger partial charge in [-0.1, -0.05) is 32.4 Å². The van der Waals surface area contributed by atoms with Crippen LogP contribution < -0.4 is 0 Å². The molecule has 0 aromatic carbocycles. The van der Waals surface area contributed by atoms with Crippen LogP contribution in [0.15, 0.2) is 6.20 Å². The van der Waals surface area contributed by atoms with Crippen molar-refractivity contribution in [3.05, 3.63) is 28.4 Å². The number of pyridine rings is 1. The summed E-state index contributed by atoms with van der Waals surface area (Å²) in [4.78, 5) is 19.6. The first-order valence-electron chi connectivity index (χ1n) is 16.3. The molecule has 8 nitrogen and oxygen atoms in total. The maximum absolute atomic E-state index is 15.8. The quantitative estimate of drug-likeness (QED) is 0.212. The number of fused-ring (bicyclic) bond motifs is 2. The summed E-state index contributed by atoms with van der Waals surface area (Å²) in [6.45, 7) is 18.9. The van der Waals surface area contributed by atoms with Gasteiger partial charge >= 0.3 is 6.09 Å². The number of likely N-dealkylation sites (tertiary alicyclic amines) is 1. The summed E-state index contributed by atoms with van der Waals surface area (Å²) in [7, 11) is -2.09. The summed E-state index contributed by atoms with van der Waals surface area (Å²) in [5.41, 5.74) is 2.00. The van der Waals surface area contributed by atoms with Crippen LogP contribution in [0.4, 0.5) is 9.18 Å². The summed E-state index contributed by atoms with van der Waals surface area (Å²) in [5.74, 6) is 0.0140. The molecule has 4 heterocycles. The first-order chi connectivity index (χ1) is 20.6. The van der Waals surface area contributed by atoms with Gasteiger partial charge in [-0.25, -0.2) is 14.2 Å². The number of nitrogens with zero attached hydrogens (tertiary/aromatic N) is 3. The van der Waals surface area contributed by atoms with Crippen molar-refractivity contribution in [3.63, 3.8) is 0 Å². The van der Waals surface area contributed by atoms with Gasteiger partial charge in [-0.15, -0.1) is 0 Å². The number of piperidine rings is 1. The van der Waals surface area contributed by atoms with Crippen LogP contribution in [-0.2, 0) is 25.2 Å². The van der Waals surface area contributed by atoms with Crippen molar-refractivity contribution < 1.29 is 27.8 Å². The Hall–Kier alpha value is -1.72. The average molecular weight is 650 g/mol. The number of hydrogen-bond acceptors (Lipinski definition) is 6. The smallest absolute Gasteiger partial charge is 0.410 e. The first kappa shape index (κ1) is 32.2. The summed E-state index contributed by atoms with van der Waals surface area (Å²) >= 11 is 6.27. The van der Waals surface area contributed by atoms with Crippen LogP contribution >= 0.6 is 11.6 Å². The van der Waals surface area contributed by atoms with Gasteiger partial charge in [0.15, 0.2) is 25.6 Å². The van der Waals surface area contributed by atoms with Gasteiger partial charge in [-0.3, -0.25) is 0 Å². The number of hydrogen-bond donors (Lipinski definition) is 0. The lowest BCUT2D eigenvalue weighted by Gasteiger charge is -2.39. The number of ether oxygens (including phenoxy) is 3. The SMILES string of the molecule is CC(C)(C)OC(=O)N1C[C@@H]2[C@@H](c3c(COC4CCCCO4)n(C4CC4)c4c(F)c(Cl)ncc34)[C@@H]2[C@H]1CO[Si](C)(C)C(C)(C)C. The summed E-state index contributed by atoms with van der Waals surface area (Å²) in [6, 6.07) is 0.0634. The van der Waals surface area contributed by atoms with Crippen molar-refractivity contribution in [2.75, 3.05) is 19.8 Å². The Morgan fingerprint density at radius 3 is 2.50 bits per heavy atom. The molecule has 1 amide bonds. The number of halogens is 2. The highest BCUT2D eigenvalue weighted by molar-refractivity contribution is 6.74. The van der Waals surface area contributed by atoms with Crippen LogP contribution in [0, 0.1) is 17.7 Å². The zero-order valence-electron chi connectivity index (χ0n) is 27.5. The van der Waals surface area contributed by atoms with Gasteiger partial charge in [0.2, 0.25) is 0 Å². The molecule has 2 saturated heterocycles. The third-order valence-electron chi connectivity index (χ3n) is 10.4. The largest absolute Gasteiger partial charge is 0.444 e. The van der Waals surface area contributed by atoms with E-state index in [0.717, 1.165) is 48.7 Å². The fraction of sp³-hybridized carbons (Fsp3) is 0.758.